The average Bonchev–Trinajstić information content (AvgIpc) is 2.61. The van der Waals surface area contributed by atoms with Crippen LogP contribution in [0.2, 0.25) is 0 Å². The Kier molecular flexibility index (Phi) is 13.7. The monoisotopic (exact) mass is 524 g/mol. The molecule has 0 aliphatic carbocycles. The number of hydrogen-bond donors (Lipinski definition) is 2. The largest absolute Gasteiger partial charge is 0.357 e. The summed E-state index contributed by atoms with van der Waals surface area (Å²) in [6.45, 7) is 13.6. The summed E-state index contributed by atoms with van der Waals surface area (Å²) in [5.74, 6) is 0.706. The second-order valence-electron chi connectivity index (χ2n) is 7.10. The maximum Gasteiger partial charge on any atom is 0.191 e. The number of nitrogens with zero attached hydrogens (tertiary/aromatic N) is 2. The summed E-state index contributed by atoms with van der Waals surface area (Å²) >= 11 is 0. The van der Waals surface area contributed by atoms with Gasteiger partial charge in [-0.25, -0.2) is 8.42 Å². The van der Waals surface area contributed by atoms with E-state index < -0.39 is 9.84 Å². The van der Waals surface area contributed by atoms with Crippen LogP contribution in [0.25, 0.3) is 0 Å². The highest BCUT2D eigenvalue weighted by atomic mass is 127. The van der Waals surface area contributed by atoms with Crippen LogP contribution in [0.3, 0.4) is 0 Å². The third-order valence-corrected chi connectivity index (χ3v) is 6.01. The normalized spacial score (nSPS) is 12.4. The summed E-state index contributed by atoms with van der Waals surface area (Å²) in [6.07, 6.45) is 0.968. The van der Waals surface area contributed by atoms with Crippen molar-refractivity contribution >= 4 is 39.8 Å². The summed E-state index contributed by atoms with van der Waals surface area (Å²) in [4.78, 5) is 7.37. The van der Waals surface area contributed by atoms with E-state index in [1.807, 2.05) is 13.0 Å². The van der Waals surface area contributed by atoms with Crippen LogP contribution in [0.4, 0.5) is 0 Å². The van der Waals surface area contributed by atoms with E-state index in [0.717, 1.165) is 19.5 Å². The van der Waals surface area contributed by atoms with Crippen LogP contribution < -0.4 is 10.6 Å². The van der Waals surface area contributed by atoms with E-state index in [0.29, 0.717) is 36.0 Å². The SMILES string of the molecule is CCNC(=NCCCN(C(C)C)C(C)C)NCCS(=O)(=O)c1ccccc1.I. The molecule has 0 heterocycles. The van der Waals surface area contributed by atoms with Crippen LogP contribution in [0, 0.1) is 0 Å². The minimum Gasteiger partial charge on any atom is -0.357 e. The lowest BCUT2D eigenvalue weighted by atomic mass is 10.2. The van der Waals surface area contributed by atoms with Crippen LogP contribution in [-0.4, -0.2) is 63.3 Å². The number of sulfone groups is 1. The van der Waals surface area contributed by atoms with Gasteiger partial charge in [-0.2, -0.15) is 0 Å². The zero-order valence-corrected chi connectivity index (χ0v) is 21.0. The topological polar surface area (TPSA) is 73.8 Å². The molecule has 0 amide bonds. The molecule has 0 unspecified atom stereocenters. The molecule has 0 radical (unpaired) electrons. The number of benzene rings is 1. The van der Waals surface area contributed by atoms with Gasteiger partial charge in [-0.05, 0) is 53.2 Å². The molecule has 0 atom stereocenters. The third kappa shape index (κ3) is 10.1. The molecule has 0 aromatic heterocycles. The zero-order valence-electron chi connectivity index (χ0n) is 17.8. The van der Waals surface area contributed by atoms with Gasteiger partial charge in [0, 0.05) is 38.3 Å². The maximum absolute atomic E-state index is 12.3. The summed E-state index contributed by atoms with van der Waals surface area (Å²) in [5.41, 5.74) is 0. The molecule has 1 aromatic rings. The molecule has 1 aromatic carbocycles. The van der Waals surface area contributed by atoms with Crippen LogP contribution in [-0.2, 0) is 9.84 Å². The molecule has 0 saturated carbocycles. The fourth-order valence-corrected chi connectivity index (χ4v) is 4.13. The molecule has 0 aliphatic heterocycles. The minimum absolute atomic E-state index is 0. The van der Waals surface area contributed by atoms with Crippen LogP contribution in [0.1, 0.15) is 41.0 Å². The van der Waals surface area contributed by atoms with Crippen molar-refractivity contribution in [1.82, 2.24) is 15.5 Å². The lowest BCUT2D eigenvalue weighted by Crippen LogP contribution is -2.40. The van der Waals surface area contributed by atoms with Gasteiger partial charge in [-0.15, -0.1) is 24.0 Å². The standard InChI is InChI=1S/C20H36N4O2S.HI/c1-6-21-20(22-13-10-15-24(17(2)3)18(4)5)23-14-16-27(25,26)19-11-8-7-9-12-19;/h7-9,11-12,17-18H,6,10,13-16H2,1-5H3,(H2,21,22,23);1H. The van der Waals surface area contributed by atoms with E-state index in [1.54, 1.807) is 24.3 Å². The number of nitrogens with one attached hydrogen (secondary N) is 2. The van der Waals surface area contributed by atoms with Crippen molar-refractivity contribution < 1.29 is 8.42 Å². The predicted octanol–water partition coefficient (Wildman–Crippen LogP) is 3.14. The van der Waals surface area contributed by atoms with Gasteiger partial charge < -0.3 is 10.6 Å². The van der Waals surface area contributed by atoms with Gasteiger partial charge in [0.25, 0.3) is 0 Å². The second kappa shape index (κ2) is 14.2. The van der Waals surface area contributed by atoms with Gasteiger partial charge in [-0.3, -0.25) is 9.89 Å². The molecule has 0 aliphatic rings. The van der Waals surface area contributed by atoms with Crippen molar-refractivity contribution in [3.8, 4) is 0 Å². The lowest BCUT2D eigenvalue weighted by Gasteiger charge is -2.30. The number of hydrogen-bond acceptors (Lipinski definition) is 4. The molecular formula is C20H37IN4O2S. The Bertz CT molecular complexity index is 656. The number of aliphatic imine (C=N–C) groups is 1. The first-order valence-electron chi connectivity index (χ1n) is 9.83. The zero-order chi connectivity index (χ0) is 20.3. The smallest absolute Gasteiger partial charge is 0.191 e. The molecular weight excluding hydrogens is 487 g/mol. The molecule has 0 saturated heterocycles. The summed E-state index contributed by atoms with van der Waals surface area (Å²) in [5, 5.41) is 6.30. The number of rotatable bonds is 11. The highest BCUT2D eigenvalue weighted by Crippen LogP contribution is 2.09. The summed E-state index contributed by atoms with van der Waals surface area (Å²) < 4.78 is 24.7. The van der Waals surface area contributed by atoms with Crippen molar-refractivity contribution in [2.45, 2.75) is 58.0 Å². The summed E-state index contributed by atoms with van der Waals surface area (Å²) in [7, 11) is -3.28. The lowest BCUT2D eigenvalue weighted by molar-refractivity contribution is 0.174. The molecule has 6 nitrogen and oxygen atoms in total. The third-order valence-electron chi connectivity index (χ3n) is 4.28. The molecule has 162 valence electrons. The Morgan fingerprint density at radius 3 is 2.21 bits per heavy atom. The first-order chi connectivity index (χ1) is 12.8. The first kappa shape index (κ1) is 27.1. The van der Waals surface area contributed by atoms with Gasteiger partial charge in [-0.1, -0.05) is 18.2 Å². The molecule has 8 heteroatoms. The first-order valence-corrected chi connectivity index (χ1v) is 11.5. The van der Waals surface area contributed by atoms with E-state index in [4.69, 9.17) is 0 Å². The highest BCUT2D eigenvalue weighted by molar-refractivity contribution is 14.0. The highest BCUT2D eigenvalue weighted by Gasteiger charge is 2.14. The van der Waals surface area contributed by atoms with Gasteiger partial charge in [0.15, 0.2) is 15.8 Å². The van der Waals surface area contributed by atoms with Gasteiger partial charge in [0.05, 0.1) is 10.6 Å². The molecule has 0 fully saturated rings. The van der Waals surface area contributed by atoms with Crippen molar-refractivity contribution in [3.05, 3.63) is 30.3 Å². The van der Waals surface area contributed by atoms with E-state index in [9.17, 15) is 8.42 Å². The Hall–Kier alpha value is -0.870. The molecule has 2 N–H and O–H groups in total. The Labute approximate surface area is 188 Å². The van der Waals surface area contributed by atoms with Crippen LogP contribution >= 0.6 is 24.0 Å². The average molecular weight is 525 g/mol. The molecule has 0 spiro atoms. The molecule has 28 heavy (non-hydrogen) atoms. The maximum atomic E-state index is 12.3. The van der Waals surface area contributed by atoms with E-state index in [1.165, 1.54) is 0 Å². The Balaban J connectivity index is 0.00000729. The minimum atomic E-state index is -3.28. The van der Waals surface area contributed by atoms with E-state index >= 15 is 0 Å². The fraction of sp³-hybridized carbons (Fsp3) is 0.650. The van der Waals surface area contributed by atoms with Crippen molar-refractivity contribution in [3.63, 3.8) is 0 Å². The number of guanidine groups is 1. The molecule has 1 rings (SSSR count). The van der Waals surface area contributed by atoms with Gasteiger partial charge in [0.1, 0.15) is 0 Å². The summed E-state index contributed by atoms with van der Waals surface area (Å²) in [6, 6.07) is 9.58. The van der Waals surface area contributed by atoms with Crippen LogP contribution in [0.15, 0.2) is 40.2 Å². The van der Waals surface area contributed by atoms with Crippen molar-refractivity contribution in [1.29, 1.82) is 0 Å². The quantitative estimate of drug-likeness (QED) is 0.202. The Morgan fingerprint density at radius 1 is 1.07 bits per heavy atom. The Morgan fingerprint density at radius 2 is 1.68 bits per heavy atom. The molecule has 0 bridgehead atoms. The number of halogens is 1. The van der Waals surface area contributed by atoms with Crippen molar-refractivity contribution in [2.24, 2.45) is 4.99 Å². The van der Waals surface area contributed by atoms with Crippen LogP contribution in [0.5, 0.6) is 0 Å². The fourth-order valence-electron chi connectivity index (χ4n) is 2.95. The second-order valence-corrected chi connectivity index (χ2v) is 9.21. The van der Waals surface area contributed by atoms with Gasteiger partial charge in [0.2, 0.25) is 0 Å². The van der Waals surface area contributed by atoms with Gasteiger partial charge >= 0.3 is 0 Å². The van der Waals surface area contributed by atoms with Crippen molar-refractivity contribution in [2.75, 3.05) is 31.9 Å². The van der Waals surface area contributed by atoms with E-state index in [-0.39, 0.29) is 29.7 Å². The van der Waals surface area contributed by atoms with E-state index in [2.05, 4.69) is 48.2 Å². The predicted molar refractivity (Wildman–Crippen MR) is 129 cm³/mol.